The molecule has 1 fully saturated rings. The molecule has 2 rings (SSSR count). The number of anilines is 1. The molecule has 0 aromatic heterocycles. The maximum absolute atomic E-state index is 11.6. The summed E-state index contributed by atoms with van der Waals surface area (Å²) in [5, 5.41) is 9.98. The third-order valence-corrected chi connectivity index (χ3v) is 4.71. The van der Waals surface area contributed by atoms with Crippen LogP contribution >= 0.6 is 11.6 Å². The Morgan fingerprint density at radius 1 is 1.43 bits per heavy atom. The fourth-order valence-electron chi connectivity index (χ4n) is 2.85. The Bertz CT molecular complexity index is 588. The van der Waals surface area contributed by atoms with E-state index in [0.717, 1.165) is 5.69 Å². The number of amides is 1. The normalized spacial score (nSPS) is 21.8. The molecule has 1 heterocycles. The second kappa shape index (κ2) is 5.56. The first-order valence-corrected chi connectivity index (χ1v) is 7.23. The van der Waals surface area contributed by atoms with Gasteiger partial charge in [-0.05, 0) is 30.5 Å². The number of primary amides is 1. The van der Waals surface area contributed by atoms with Crippen LogP contribution in [0.3, 0.4) is 0 Å². The van der Waals surface area contributed by atoms with Crippen molar-refractivity contribution in [3.63, 3.8) is 0 Å². The lowest BCUT2D eigenvalue weighted by atomic mass is 9.76. The molecule has 0 spiro atoms. The van der Waals surface area contributed by atoms with Crippen LogP contribution < -0.4 is 10.6 Å². The fraction of sp³-hybridized carbons (Fsp3) is 0.467. The van der Waals surface area contributed by atoms with Gasteiger partial charge in [-0.15, -0.1) is 0 Å². The molecule has 21 heavy (non-hydrogen) atoms. The van der Waals surface area contributed by atoms with Crippen molar-refractivity contribution in [3.05, 3.63) is 28.8 Å². The highest BCUT2D eigenvalue weighted by Gasteiger charge is 2.47. The second-order valence-electron chi connectivity index (χ2n) is 5.82. The molecule has 0 bridgehead atoms. The average Bonchev–Trinajstić information content (AvgIpc) is 2.84. The van der Waals surface area contributed by atoms with Crippen LogP contribution in [0.25, 0.3) is 0 Å². The van der Waals surface area contributed by atoms with Crippen LogP contribution in [0.15, 0.2) is 18.2 Å². The minimum atomic E-state index is -0.773. The number of nitrogens with zero attached hydrogens (tertiary/aromatic N) is 1. The number of halogens is 1. The molecule has 5 nitrogen and oxygen atoms in total. The number of benzene rings is 1. The summed E-state index contributed by atoms with van der Waals surface area (Å²) in [6, 6.07) is 4.86. The number of rotatable bonds is 4. The van der Waals surface area contributed by atoms with Crippen LogP contribution in [0.2, 0.25) is 5.02 Å². The van der Waals surface area contributed by atoms with Gasteiger partial charge >= 0.3 is 5.97 Å². The highest BCUT2D eigenvalue weighted by atomic mass is 35.5. The van der Waals surface area contributed by atoms with Gasteiger partial charge in [0.2, 0.25) is 5.91 Å². The predicted molar refractivity (Wildman–Crippen MR) is 81.7 cm³/mol. The summed E-state index contributed by atoms with van der Waals surface area (Å²) in [4.78, 5) is 24.7. The van der Waals surface area contributed by atoms with Gasteiger partial charge in [-0.1, -0.05) is 25.4 Å². The molecule has 1 saturated heterocycles. The number of carbonyl (C=O) groups is 2. The van der Waals surface area contributed by atoms with Gasteiger partial charge in [-0.3, -0.25) is 9.59 Å². The summed E-state index contributed by atoms with van der Waals surface area (Å²) in [6.07, 6.45) is 0.577. The van der Waals surface area contributed by atoms with Gasteiger partial charge in [0.25, 0.3) is 0 Å². The number of nitrogens with two attached hydrogens (primary N) is 1. The zero-order valence-corrected chi connectivity index (χ0v) is 12.9. The number of hydrogen-bond acceptors (Lipinski definition) is 3. The minimum absolute atomic E-state index is 0.0312. The van der Waals surface area contributed by atoms with Gasteiger partial charge in [0.1, 0.15) is 0 Å². The molecule has 6 heteroatoms. The first-order valence-electron chi connectivity index (χ1n) is 6.85. The molecule has 1 amide bonds. The molecule has 1 aromatic rings. The van der Waals surface area contributed by atoms with Gasteiger partial charge < -0.3 is 15.7 Å². The molecule has 1 atom stereocenters. The van der Waals surface area contributed by atoms with E-state index in [2.05, 4.69) is 0 Å². The number of carbonyl (C=O) groups excluding carboxylic acids is 1. The van der Waals surface area contributed by atoms with Crippen LogP contribution in [0, 0.1) is 11.3 Å². The van der Waals surface area contributed by atoms with Crippen molar-refractivity contribution < 1.29 is 14.7 Å². The van der Waals surface area contributed by atoms with Gasteiger partial charge in [-0.2, -0.15) is 0 Å². The van der Waals surface area contributed by atoms with E-state index in [9.17, 15) is 14.7 Å². The number of aliphatic carboxylic acids is 1. The zero-order chi connectivity index (χ0) is 15.8. The molecule has 114 valence electrons. The van der Waals surface area contributed by atoms with Crippen molar-refractivity contribution in [2.45, 2.75) is 20.3 Å². The molecular weight excluding hydrogens is 292 g/mol. The maximum atomic E-state index is 11.6. The number of carboxylic acids is 1. The summed E-state index contributed by atoms with van der Waals surface area (Å²) in [5.41, 5.74) is 5.55. The Labute approximate surface area is 128 Å². The first-order chi connectivity index (χ1) is 9.78. The lowest BCUT2D eigenvalue weighted by molar-refractivity contribution is -0.150. The molecule has 1 aliphatic heterocycles. The van der Waals surface area contributed by atoms with Crippen molar-refractivity contribution in [1.82, 2.24) is 0 Å². The van der Waals surface area contributed by atoms with Gasteiger partial charge in [0.15, 0.2) is 0 Å². The molecule has 0 saturated carbocycles. The van der Waals surface area contributed by atoms with Crippen molar-refractivity contribution in [2.75, 3.05) is 18.0 Å². The molecule has 1 unspecified atom stereocenters. The van der Waals surface area contributed by atoms with Gasteiger partial charge in [-0.25, -0.2) is 0 Å². The average molecular weight is 311 g/mol. The summed E-state index contributed by atoms with van der Waals surface area (Å²) in [6.45, 7) is 4.89. The summed E-state index contributed by atoms with van der Waals surface area (Å²) in [5.74, 6) is -1.28. The Morgan fingerprint density at radius 3 is 2.52 bits per heavy atom. The lowest BCUT2D eigenvalue weighted by Crippen LogP contribution is -2.39. The van der Waals surface area contributed by atoms with Crippen LogP contribution in [0.5, 0.6) is 0 Å². The Hall–Kier alpha value is -1.75. The molecular formula is C15H19ClN2O3. The van der Waals surface area contributed by atoms with Gasteiger partial charge in [0.05, 0.1) is 16.1 Å². The number of carboxylic acid groups (broad SMARTS) is 1. The SMILES string of the molecule is CC(C)C1(C(=O)O)CCN(c2ccc(C(N)=O)cc2Cl)C1. The highest BCUT2D eigenvalue weighted by Crippen LogP contribution is 2.41. The maximum Gasteiger partial charge on any atom is 0.311 e. The standard InChI is InChI=1S/C15H19ClN2O3/c1-9(2)15(14(20)21)5-6-18(8-15)12-4-3-10(13(17)19)7-11(12)16/h3-4,7,9H,5-6,8H2,1-2H3,(H2,17,19)(H,20,21). The quantitative estimate of drug-likeness (QED) is 0.894. The van der Waals surface area contributed by atoms with Crippen molar-refractivity contribution in [2.24, 2.45) is 17.1 Å². The molecule has 3 N–H and O–H groups in total. The molecule has 0 aliphatic carbocycles. The predicted octanol–water partition coefficient (Wildman–Crippen LogP) is 2.38. The lowest BCUT2D eigenvalue weighted by Gasteiger charge is -2.29. The highest BCUT2D eigenvalue weighted by molar-refractivity contribution is 6.33. The molecule has 0 radical (unpaired) electrons. The van der Waals surface area contributed by atoms with Crippen LogP contribution in [0.1, 0.15) is 30.6 Å². The summed E-state index contributed by atoms with van der Waals surface area (Å²) < 4.78 is 0. The van der Waals surface area contributed by atoms with E-state index in [1.54, 1.807) is 12.1 Å². The van der Waals surface area contributed by atoms with Crippen molar-refractivity contribution >= 4 is 29.2 Å². The Balaban J connectivity index is 2.29. The zero-order valence-electron chi connectivity index (χ0n) is 12.1. The molecule has 1 aliphatic rings. The number of hydrogen-bond donors (Lipinski definition) is 2. The van der Waals surface area contributed by atoms with Crippen molar-refractivity contribution in [1.29, 1.82) is 0 Å². The third kappa shape index (κ3) is 2.70. The minimum Gasteiger partial charge on any atom is -0.481 e. The molecule has 1 aromatic carbocycles. The summed E-state index contributed by atoms with van der Waals surface area (Å²) >= 11 is 6.21. The summed E-state index contributed by atoms with van der Waals surface area (Å²) in [7, 11) is 0. The van der Waals surface area contributed by atoms with E-state index in [0.29, 0.717) is 30.1 Å². The smallest absolute Gasteiger partial charge is 0.311 e. The van der Waals surface area contributed by atoms with E-state index in [1.807, 2.05) is 18.7 Å². The van der Waals surface area contributed by atoms with Crippen LogP contribution in [-0.2, 0) is 4.79 Å². The van der Waals surface area contributed by atoms with E-state index in [4.69, 9.17) is 17.3 Å². The van der Waals surface area contributed by atoms with Gasteiger partial charge in [0, 0.05) is 18.7 Å². The third-order valence-electron chi connectivity index (χ3n) is 4.40. The van der Waals surface area contributed by atoms with E-state index < -0.39 is 17.3 Å². The fourth-order valence-corrected chi connectivity index (χ4v) is 3.15. The largest absolute Gasteiger partial charge is 0.481 e. The van der Waals surface area contributed by atoms with Crippen LogP contribution in [0.4, 0.5) is 5.69 Å². The second-order valence-corrected chi connectivity index (χ2v) is 6.23. The van der Waals surface area contributed by atoms with E-state index in [1.165, 1.54) is 6.07 Å². The van der Waals surface area contributed by atoms with E-state index >= 15 is 0 Å². The monoisotopic (exact) mass is 310 g/mol. The Kier molecular flexibility index (Phi) is 4.14. The van der Waals surface area contributed by atoms with Crippen molar-refractivity contribution in [3.8, 4) is 0 Å². The topological polar surface area (TPSA) is 83.6 Å². The first kappa shape index (κ1) is 15.6. The Morgan fingerprint density at radius 2 is 2.10 bits per heavy atom. The van der Waals surface area contributed by atoms with Crippen LogP contribution in [-0.4, -0.2) is 30.1 Å². The van der Waals surface area contributed by atoms with E-state index in [-0.39, 0.29) is 5.92 Å².